The zero-order chi connectivity index (χ0) is 8.69. The SMILES string of the molecule is O=C(O)CCCCCC(=S)S. The minimum atomic E-state index is -0.724. The van der Waals surface area contributed by atoms with Gasteiger partial charge in [-0.1, -0.05) is 18.6 Å². The number of carboxylic acids is 1. The maximum absolute atomic E-state index is 10.1. The molecule has 64 valence electrons. The van der Waals surface area contributed by atoms with E-state index >= 15 is 0 Å². The molecule has 0 bridgehead atoms. The maximum atomic E-state index is 10.1. The Hall–Kier alpha value is -0.0900. The molecule has 0 fully saturated rings. The maximum Gasteiger partial charge on any atom is 0.303 e. The van der Waals surface area contributed by atoms with Crippen LogP contribution in [-0.2, 0) is 4.79 Å². The number of hydrogen-bond acceptors (Lipinski definition) is 2. The van der Waals surface area contributed by atoms with Crippen LogP contribution in [-0.4, -0.2) is 15.3 Å². The first-order valence-electron chi connectivity index (χ1n) is 3.56. The van der Waals surface area contributed by atoms with E-state index in [4.69, 9.17) is 17.3 Å². The lowest BCUT2D eigenvalue weighted by Gasteiger charge is -1.96. The Labute approximate surface area is 77.4 Å². The molecule has 0 heterocycles. The summed E-state index contributed by atoms with van der Waals surface area (Å²) < 4.78 is 0.709. The average molecular weight is 192 g/mol. The van der Waals surface area contributed by atoms with E-state index in [1.54, 1.807) is 0 Å². The molecule has 0 aliphatic heterocycles. The van der Waals surface area contributed by atoms with Crippen LogP contribution in [0.25, 0.3) is 0 Å². The second kappa shape index (κ2) is 6.61. The Kier molecular flexibility index (Phi) is 6.56. The Morgan fingerprint density at radius 3 is 2.27 bits per heavy atom. The van der Waals surface area contributed by atoms with Crippen LogP contribution < -0.4 is 0 Å². The summed E-state index contributed by atoms with van der Waals surface area (Å²) in [7, 11) is 0. The van der Waals surface area contributed by atoms with Crippen molar-refractivity contribution in [2.24, 2.45) is 0 Å². The third kappa shape index (κ3) is 9.91. The van der Waals surface area contributed by atoms with E-state index in [9.17, 15) is 4.79 Å². The van der Waals surface area contributed by atoms with Crippen molar-refractivity contribution in [3.63, 3.8) is 0 Å². The highest BCUT2D eigenvalue weighted by atomic mass is 32.1. The van der Waals surface area contributed by atoms with E-state index < -0.39 is 5.97 Å². The molecule has 0 aromatic rings. The third-order valence-corrected chi connectivity index (χ3v) is 1.71. The summed E-state index contributed by atoms with van der Waals surface area (Å²) in [6, 6.07) is 0. The monoisotopic (exact) mass is 192 g/mol. The molecule has 0 unspecified atom stereocenters. The van der Waals surface area contributed by atoms with E-state index in [0.717, 1.165) is 25.7 Å². The number of aliphatic carboxylic acids is 1. The summed E-state index contributed by atoms with van der Waals surface area (Å²) in [5.41, 5.74) is 0. The first kappa shape index (κ1) is 10.9. The van der Waals surface area contributed by atoms with Crippen molar-refractivity contribution in [3.05, 3.63) is 0 Å². The molecule has 0 aromatic heterocycles. The molecule has 0 radical (unpaired) electrons. The minimum Gasteiger partial charge on any atom is -0.481 e. The molecule has 0 atom stereocenters. The van der Waals surface area contributed by atoms with E-state index in [-0.39, 0.29) is 6.42 Å². The van der Waals surface area contributed by atoms with Crippen LogP contribution in [0.2, 0.25) is 0 Å². The standard InChI is InChI=1S/C7H12O2S2/c8-6(9)4-2-1-3-5-7(10)11/h1-5H2,(H,8,9)(H,10,11). The molecule has 0 saturated heterocycles. The fraction of sp³-hybridized carbons (Fsp3) is 0.714. The van der Waals surface area contributed by atoms with Crippen LogP contribution in [0.15, 0.2) is 0 Å². The zero-order valence-electron chi connectivity index (χ0n) is 6.25. The summed E-state index contributed by atoms with van der Waals surface area (Å²) in [5, 5.41) is 8.28. The van der Waals surface area contributed by atoms with Gasteiger partial charge in [0.1, 0.15) is 0 Å². The minimum absolute atomic E-state index is 0.263. The van der Waals surface area contributed by atoms with Crippen molar-refractivity contribution < 1.29 is 9.90 Å². The second-order valence-corrected chi connectivity index (χ2v) is 3.68. The molecule has 0 saturated carbocycles. The summed E-state index contributed by atoms with van der Waals surface area (Å²) in [5.74, 6) is -0.724. The molecule has 2 nitrogen and oxygen atoms in total. The number of rotatable bonds is 6. The first-order valence-corrected chi connectivity index (χ1v) is 4.42. The summed E-state index contributed by atoms with van der Waals surface area (Å²) in [4.78, 5) is 10.1. The zero-order valence-corrected chi connectivity index (χ0v) is 7.96. The average Bonchev–Trinajstić information content (AvgIpc) is 1.85. The third-order valence-electron chi connectivity index (χ3n) is 1.28. The smallest absolute Gasteiger partial charge is 0.303 e. The van der Waals surface area contributed by atoms with Crippen LogP contribution in [0.5, 0.6) is 0 Å². The highest BCUT2D eigenvalue weighted by molar-refractivity contribution is 8.11. The van der Waals surface area contributed by atoms with Crippen LogP contribution in [0.4, 0.5) is 0 Å². The van der Waals surface area contributed by atoms with Gasteiger partial charge in [0, 0.05) is 10.6 Å². The molecule has 0 aliphatic rings. The fourth-order valence-corrected chi connectivity index (χ4v) is 1.03. The van der Waals surface area contributed by atoms with Crippen LogP contribution >= 0.6 is 24.8 Å². The molecule has 0 rings (SSSR count). The molecule has 1 N–H and O–H groups in total. The lowest BCUT2D eigenvalue weighted by atomic mass is 10.2. The Morgan fingerprint density at radius 1 is 1.27 bits per heavy atom. The fourth-order valence-electron chi connectivity index (χ4n) is 0.729. The van der Waals surface area contributed by atoms with E-state index in [0.29, 0.717) is 4.20 Å². The Morgan fingerprint density at radius 2 is 1.82 bits per heavy atom. The van der Waals surface area contributed by atoms with Gasteiger partial charge in [-0.2, -0.15) is 0 Å². The highest BCUT2D eigenvalue weighted by Gasteiger charge is 1.96. The van der Waals surface area contributed by atoms with Gasteiger partial charge in [0.2, 0.25) is 0 Å². The van der Waals surface area contributed by atoms with E-state index in [1.807, 2.05) is 0 Å². The molecule has 4 heteroatoms. The van der Waals surface area contributed by atoms with Gasteiger partial charge in [0.15, 0.2) is 0 Å². The highest BCUT2D eigenvalue weighted by Crippen LogP contribution is 2.05. The van der Waals surface area contributed by atoms with Gasteiger partial charge in [-0.3, -0.25) is 4.79 Å². The number of unbranched alkanes of at least 4 members (excludes halogenated alkanes) is 2. The topological polar surface area (TPSA) is 37.3 Å². The lowest BCUT2D eigenvalue weighted by molar-refractivity contribution is -0.137. The van der Waals surface area contributed by atoms with Crippen LogP contribution in [0.1, 0.15) is 32.1 Å². The largest absolute Gasteiger partial charge is 0.481 e. The molecule has 0 aromatic carbocycles. The van der Waals surface area contributed by atoms with Crippen molar-refractivity contribution in [2.75, 3.05) is 0 Å². The molecule has 0 amide bonds. The van der Waals surface area contributed by atoms with Gasteiger partial charge in [0.05, 0.1) is 0 Å². The van der Waals surface area contributed by atoms with Gasteiger partial charge < -0.3 is 5.11 Å². The quantitative estimate of drug-likeness (QED) is 0.385. The Bertz CT molecular complexity index is 129. The molecular weight excluding hydrogens is 180 g/mol. The second-order valence-electron chi connectivity index (χ2n) is 2.35. The number of thiol groups is 1. The van der Waals surface area contributed by atoms with Crippen molar-refractivity contribution in [3.8, 4) is 0 Å². The van der Waals surface area contributed by atoms with E-state index in [1.165, 1.54) is 0 Å². The molecule has 0 aliphatic carbocycles. The van der Waals surface area contributed by atoms with Gasteiger partial charge >= 0.3 is 5.97 Å². The van der Waals surface area contributed by atoms with Gasteiger partial charge in [-0.15, -0.1) is 12.6 Å². The number of carboxylic acid groups (broad SMARTS) is 1. The molecule has 11 heavy (non-hydrogen) atoms. The number of hydrogen-bond donors (Lipinski definition) is 2. The molecular formula is C7H12O2S2. The van der Waals surface area contributed by atoms with Crippen molar-refractivity contribution in [1.29, 1.82) is 0 Å². The van der Waals surface area contributed by atoms with Crippen molar-refractivity contribution in [2.45, 2.75) is 32.1 Å². The van der Waals surface area contributed by atoms with Crippen LogP contribution in [0, 0.1) is 0 Å². The van der Waals surface area contributed by atoms with Crippen LogP contribution in [0.3, 0.4) is 0 Å². The van der Waals surface area contributed by atoms with E-state index in [2.05, 4.69) is 12.6 Å². The van der Waals surface area contributed by atoms with Gasteiger partial charge in [0.25, 0.3) is 0 Å². The summed E-state index contributed by atoms with van der Waals surface area (Å²) in [6.45, 7) is 0. The first-order chi connectivity index (χ1) is 5.13. The Balaban J connectivity index is 3.03. The normalized spacial score (nSPS) is 9.55. The number of thiocarbonyl (C=S) groups is 1. The van der Waals surface area contributed by atoms with Crippen molar-refractivity contribution in [1.82, 2.24) is 0 Å². The predicted molar refractivity (Wildman–Crippen MR) is 52.3 cm³/mol. The predicted octanol–water partition coefficient (Wildman–Crippen LogP) is 2.28. The number of carbonyl (C=O) groups is 1. The van der Waals surface area contributed by atoms with Crippen molar-refractivity contribution >= 4 is 35.0 Å². The van der Waals surface area contributed by atoms with Gasteiger partial charge in [-0.05, 0) is 19.3 Å². The summed E-state index contributed by atoms with van der Waals surface area (Å²) >= 11 is 8.70. The molecule has 0 spiro atoms. The van der Waals surface area contributed by atoms with Gasteiger partial charge in [-0.25, -0.2) is 0 Å². The lowest BCUT2D eigenvalue weighted by Crippen LogP contribution is -1.93. The summed E-state index contributed by atoms with van der Waals surface area (Å²) in [6.07, 6.45) is 3.70.